The lowest BCUT2D eigenvalue weighted by atomic mass is 9.83. The van der Waals surface area contributed by atoms with Gasteiger partial charge in [-0.25, -0.2) is 19.9 Å². The van der Waals surface area contributed by atoms with Gasteiger partial charge in [0, 0.05) is 93.5 Å². The minimum absolute atomic E-state index is 0.0922. The molecule has 20 heteroatoms. The van der Waals surface area contributed by atoms with Crippen LogP contribution in [0.15, 0.2) is 104 Å². The molecule has 5 atom stereocenters. The predicted molar refractivity (Wildman–Crippen MR) is 272 cm³/mol. The number of benzene rings is 2. The number of hydrogen-bond donors (Lipinski definition) is 2. The van der Waals surface area contributed by atoms with Gasteiger partial charge < -0.3 is 25.2 Å². The van der Waals surface area contributed by atoms with E-state index in [1.165, 1.54) is 12.1 Å². The highest BCUT2D eigenvalue weighted by molar-refractivity contribution is 6.02. The molecule has 2 N–H and O–H groups in total. The molecule has 9 rings (SSSR count). The Morgan fingerprint density at radius 3 is 1.84 bits per heavy atom. The Morgan fingerprint density at radius 1 is 0.693 bits per heavy atom. The van der Waals surface area contributed by atoms with Gasteiger partial charge in [-0.2, -0.15) is 31.4 Å². The Balaban J connectivity index is 1.02. The van der Waals surface area contributed by atoms with Crippen molar-refractivity contribution < 1.29 is 40.7 Å². The minimum Gasteiger partial charge on any atom is -0.379 e. The van der Waals surface area contributed by atoms with Crippen LogP contribution in [0, 0.1) is 25.7 Å². The number of pyridine rings is 2. The van der Waals surface area contributed by atoms with Crippen molar-refractivity contribution >= 4 is 23.5 Å². The van der Waals surface area contributed by atoms with Gasteiger partial charge in [-0.1, -0.05) is 42.3 Å². The number of anilines is 2. The van der Waals surface area contributed by atoms with Gasteiger partial charge >= 0.3 is 12.4 Å². The van der Waals surface area contributed by atoms with Crippen molar-refractivity contribution in [3.05, 3.63) is 137 Å². The Kier molecular flexibility index (Phi) is 16.2. The second kappa shape index (κ2) is 22.9. The Morgan fingerprint density at radius 2 is 1.25 bits per heavy atom. The number of morpholine rings is 1. The Bertz CT molecular complexity index is 2900. The fourth-order valence-electron chi connectivity index (χ4n) is 10.7. The predicted octanol–water partition coefficient (Wildman–Crippen LogP) is 10.1. The fourth-order valence-corrected chi connectivity index (χ4v) is 10.7. The zero-order chi connectivity index (χ0) is 52.9. The van der Waals surface area contributed by atoms with E-state index >= 15 is 4.79 Å². The molecule has 7 heterocycles. The first kappa shape index (κ1) is 52.9. The summed E-state index contributed by atoms with van der Waals surface area (Å²) in [4.78, 5) is 53.2. The number of nitrogens with zero attached hydrogens (tertiary/aromatic N) is 9. The first-order valence-electron chi connectivity index (χ1n) is 25.5. The molecule has 0 spiro atoms. The minimum atomic E-state index is -4.55. The molecule has 0 saturated carbocycles. The Labute approximate surface area is 431 Å². The van der Waals surface area contributed by atoms with Crippen molar-refractivity contribution in [1.82, 2.24) is 44.4 Å². The maximum atomic E-state index is 15.1. The zero-order valence-corrected chi connectivity index (χ0v) is 42.1. The van der Waals surface area contributed by atoms with Crippen molar-refractivity contribution in [3.63, 3.8) is 0 Å². The number of amides is 2. The number of likely N-dealkylation sites (tertiary alicyclic amines) is 2. The van der Waals surface area contributed by atoms with Crippen LogP contribution >= 0.6 is 0 Å². The molecule has 2 aromatic carbocycles. The molecule has 0 aliphatic carbocycles. The second-order valence-electron chi connectivity index (χ2n) is 20.0. The molecule has 3 saturated heterocycles. The highest BCUT2D eigenvalue weighted by Gasteiger charge is 2.39. The molecule has 3 aliphatic heterocycles. The zero-order valence-electron chi connectivity index (χ0n) is 42.1. The van der Waals surface area contributed by atoms with E-state index in [1.807, 2.05) is 70.9 Å². The van der Waals surface area contributed by atoms with Gasteiger partial charge in [0.2, 0.25) is 0 Å². The van der Waals surface area contributed by atoms with Gasteiger partial charge in [0.25, 0.3) is 11.8 Å². The third kappa shape index (κ3) is 12.6. The van der Waals surface area contributed by atoms with Crippen LogP contribution in [0.5, 0.6) is 0 Å². The molecule has 4 unspecified atom stereocenters. The Hall–Kier alpha value is -6.93. The first-order chi connectivity index (χ1) is 36.0. The number of hydrogen-bond acceptors (Lipinski definition) is 11. The number of aryl methyl sites for hydroxylation is 2. The van der Waals surface area contributed by atoms with Crippen LogP contribution in [0.25, 0.3) is 22.5 Å². The largest absolute Gasteiger partial charge is 0.417 e. The van der Waals surface area contributed by atoms with E-state index in [1.54, 1.807) is 24.7 Å². The molecule has 75 heavy (non-hydrogen) atoms. The van der Waals surface area contributed by atoms with Crippen molar-refractivity contribution in [3.8, 4) is 22.5 Å². The highest BCUT2D eigenvalue weighted by atomic mass is 19.4. The second-order valence-corrected chi connectivity index (χ2v) is 20.0. The summed E-state index contributed by atoms with van der Waals surface area (Å²) in [6.07, 6.45) is 3.25. The molecular weight excluding hydrogens is 977 g/mol. The van der Waals surface area contributed by atoms with E-state index < -0.39 is 29.5 Å². The van der Waals surface area contributed by atoms with E-state index in [0.29, 0.717) is 93.4 Å². The average molecular weight is 1040 g/mol. The van der Waals surface area contributed by atoms with Gasteiger partial charge in [-0.3, -0.25) is 19.2 Å². The molecule has 0 radical (unpaired) electrons. The fraction of sp³-hybridized carbons (Fsp3) is 0.436. The van der Waals surface area contributed by atoms with E-state index in [4.69, 9.17) is 9.84 Å². The van der Waals surface area contributed by atoms with Crippen molar-refractivity contribution in [1.29, 1.82) is 0 Å². The summed E-state index contributed by atoms with van der Waals surface area (Å²) >= 11 is 0. The third-order valence-corrected chi connectivity index (χ3v) is 14.8. The quantitative estimate of drug-likeness (QED) is 0.0948. The van der Waals surface area contributed by atoms with Crippen molar-refractivity contribution in [2.24, 2.45) is 11.8 Å². The number of nitrogens with one attached hydrogen (secondary N) is 2. The van der Waals surface area contributed by atoms with Crippen LogP contribution in [-0.2, 0) is 17.1 Å². The molecule has 2 amide bonds. The lowest BCUT2D eigenvalue weighted by Crippen LogP contribution is -2.52. The first-order valence-corrected chi connectivity index (χ1v) is 25.5. The van der Waals surface area contributed by atoms with E-state index in [-0.39, 0.29) is 53.9 Å². The summed E-state index contributed by atoms with van der Waals surface area (Å²) < 4.78 is 88.2. The summed E-state index contributed by atoms with van der Waals surface area (Å²) in [5.41, 5.74) is 3.05. The highest BCUT2D eigenvalue weighted by Crippen LogP contribution is 2.37. The summed E-state index contributed by atoms with van der Waals surface area (Å²) in [7, 11) is 0. The van der Waals surface area contributed by atoms with Crippen LogP contribution in [0.1, 0.15) is 88.0 Å². The summed E-state index contributed by atoms with van der Waals surface area (Å²) in [6.45, 7) is 10.5. The number of rotatable bonds is 15. The standard InChI is InChI=1S/C55H61F6N11O3/c1-35-9-13-43(45(25-35)52(73)70-19-4-7-37(3)47(70)31-66-49-15-11-40(29-64-49)54(56,57)58)39-28-68-72(33-39)42(34-69-21-23-75-24-22-69)27-38-8-5-20-71(48(38)32-67-50-16-12-41(30-65-50)55(59,60)61)53(74)46-26-36(2)10-14-44(46)51-62-17-6-18-63-51/h6,9-18,25-26,28-30,33,37-38,42,47-48H,4-5,7-8,19-24,27,31-32,34H2,1-3H3,(H,64,66)(H,65,67)/t37-,38?,42?,47?,48?/m1/s1. The molecule has 0 bridgehead atoms. The molecular formula is C55H61F6N11O3. The van der Waals surface area contributed by atoms with E-state index in [0.717, 1.165) is 60.5 Å². The SMILES string of the molecule is Cc1ccc(-c2cnn(C(CC3CCCN(C(=O)c4cc(C)ccc4-c4ncccn4)C3CNc3ccc(C(F)(F)F)cn3)CN3CCOCC3)c2)c(C(=O)N2CCC[C@@H](C)C2CNc2ccc(C(F)(F)F)cn2)c1. The number of halogens is 6. The monoisotopic (exact) mass is 1040 g/mol. The average Bonchev–Trinajstić information content (AvgIpc) is 3.90. The number of carbonyl (C=O) groups excluding carboxylic acids is 2. The normalized spacial score (nSPS) is 20.2. The maximum absolute atomic E-state index is 15.1. The molecule has 6 aromatic rings. The lowest BCUT2D eigenvalue weighted by molar-refractivity contribution is -0.138. The van der Waals surface area contributed by atoms with E-state index in [9.17, 15) is 31.1 Å². The smallest absolute Gasteiger partial charge is 0.379 e. The number of carbonyl (C=O) groups is 2. The van der Waals surface area contributed by atoms with Crippen LogP contribution in [-0.4, -0.2) is 127 Å². The van der Waals surface area contributed by atoms with Crippen molar-refractivity contribution in [2.45, 2.75) is 83.4 Å². The maximum Gasteiger partial charge on any atom is 0.417 e. The lowest BCUT2D eigenvalue weighted by Gasteiger charge is -2.43. The molecule has 14 nitrogen and oxygen atoms in total. The van der Waals surface area contributed by atoms with Gasteiger partial charge in [0.05, 0.1) is 54.2 Å². The van der Waals surface area contributed by atoms with Gasteiger partial charge in [-0.05, 0) is 106 Å². The van der Waals surface area contributed by atoms with Gasteiger partial charge in [-0.15, -0.1) is 0 Å². The topological polar surface area (TPSA) is 147 Å². The van der Waals surface area contributed by atoms with Crippen LogP contribution < -0.4 is 10.6 Å². The van der Waals surface area contributed by atoms with Crippen LogP contribution in [0.3, 0.4) is 0 Å². The van der Waals surface area contributed by atoms with E-state index in [2.05, 4.69) is 42.4 Å². The van der Waals surface area contributed by atoms with Crippen molar-refractivity contribution in [2.75, 3.05) is 69.7 Å². The number of alkyl halides is 6. The third-order valence-electron chi connectivity index (χ3n) is 14.8. The summed E-state index contributed by atoms with van der Waals surface area (Å²) in [6, 6.07) is 16.8. The molecule has 396 valence electrons. The van der Waals surface area contributed by atoms with Gasteiger partial charge in [0.1, 0.15) is 11.6 Å². The molecule has 3 fully saturated rings. The molecule has 4 aromatic heterocycles. The van der Waals surface area contributed by atoms with Crippen LogP contribution in [0.4, 0.5) is 38.0 Å². The summed E-state index contributed by atoms with van der Waals surface area (Å²) in [5, 5.41) is 11.5. The number of aromatic nitrogens is 6. The summed E-state index contributed by atoms with van der Waals surface area (Å²) in [5.74, 6) is 0.543. The molecule has 3 aliphatic rings. The number of ether oxygens (including phenoxy) is 1. The van der Waals surface area contributed by atoms with Crippen LogP contribution in [0.2, 0.25) is 0 Å². The van der Waals surface area contributed by atoms with Gasteiger partial charge in [0.15, 0.2) is 5.82 Å². The number of piperidine rings is 2.